The molecule has 20 heavy (non-hydrogen) atoms. The Morgan fingerprint density at radius 1 is 1.05 bits per heavy atom. The average Bonchev–Trinajstić information content (AvgIpc) is 3.14. The van der Waals surface area contributed by atoms with Crippen molar-refractivity contribution in [3.05, 3.63) is 48.0 Å². The maximum atomic E-state index is 12.3. The van der Waals surface area contributed by atoms with Gasteiger partial charge in [-0.15, -0.1) is 0 Å². The van der Waals surface area contributed by atoms with Crippen molar-refractivity contribution in [2.24, 2.45) is 29.6 Å². The number of fused-ring (bicyclic) bond motifs is 5. The Kier molecular flexibility index (Phi) is 3.02. The summed E-state index contributed by atoms with van der Waals surface area (Å²) in [5, 5.41) is 0. The fourth-order valence-corrected chi connectivity index (χ4v) is 4.99. The molecule has 0 spiro atoms. The van der Waals surface area contributed by atoms with Crippen molar-refractivity contribution >= 4 is 5.78 Å². The van der Waals surface area contributed by atoms with Gasteiger partial charge in [-0.25, -0.2) is 0 Å². The van der Waals surface area contributed by atoms with Gasteiger partial charge in [0.1, 0.15) is 5.78 Å². The summed E-state index contributed by atoms with van der Waals surface area (Å²) < 4.78 is 0. The highest BCUT2D eigenvalue weighted by Crippen LogP contribution is 2.57. The predicted octanol–water partition coefficient (Wildman–Crippen LogP) is 4.04. The fraction of sp³-hybridized carbons (Fsp3) is 0.526. The number of hydrogen-bond acceptors (Lipinski definition) is 1. The zero-order valence-corrected chi connectivity index (χ0v) is 11.9. The molecule has 0 aromatic heterocycles. The summed E-state index contributed by atoms with van der Waals surface area (Å²) >= 11 is 0. The molecule has 0 heterocycles. The van der Waals surface area contributed by atoms with Crippen LogP contribution >= 0.6 is 0 Å². The van der Waals surface area contributed by atoms with Crippen LogP contribution in [0.5, 0.6) is 0 Å². The van der Waals surface area contributed by atoms with E-state index in [2.05, 4.69) is 42.5 Å². The minimum absolute atomic E-state index is 0.395. The predicted molar refractivity (Wildman–Crippen MR) is 80.2 cm³/mol. The lowest BCUT2D eigenvalue weighted by Crippen LogP contribution is -2.22. The Labute approximate surface area is 121 Å². The lowest BCUT2D eigenvalue weighted by molar-refractivity contribution is -0.121. The number of ketones is 1. The first-order valence-electron chi connectivity index (χ1n) is 8.08. The van der Waals surface area contributed by atoms with Gasteiger partial charge in [0.15, 0.2) is 0 Å². The van der Waals surface area contributed by atoms with Gasteiger partial charge in [0.05, 0.1) is 0 Å². The molecule has 3 aliphatic carbocycles. The Balaban J connectivity index is 1.38. The molecule has 0 N–H and O–H groups in total. The van der Waals surface area contributed by atoms with Crippen molar-refractivity contribution < 1.29 is 4.79 Å². The summed E-state index contributed by atoms with van der Waals surface area (Å²) in [6, 6.07) is 10.7. The van der Waals surface area contributed by atoms with E-state index in [4.69, 9.17) is 0 Å². The molecule has 2 fully saturated rings. The zero-order valence-electron chi connectivity index (χ0n) is 11.9. The smallest absolute Gasteiger partial charge is 0.137 e. The van der Waals surface area contributed by atoms with Gasteiger partial charge in [-0.3, -0.25) is 4.79 Å². The van der Waals surface area contributed by atoms with E-state index in [1.54, 1.807) is 0 Å². The topological polar surface area (TPSA) is 17.1 Å². The van der Waals surface area contributed by atoms with Gasteiger partial charge in [-0.05, 0) is 54.9 Å². The van der Waals surface area contributed by atoms with Gasteiger partial charge >= 0.3 is 0 Å². The third-order valence-corrected chi connectivity index (χ3v) is 5.78. The van der Waals surface area contributed by atoms with Crippen LogP contribution in [0.3, 0.4) is 0 Å². The summed E-state index contributed by atoms with van der Waals surface area (Å²) in [5.74, 6) is 3.63. The maximum absolute atomic E-state index is 12.3. The van der Waals surface area contributed by atoms with Crippen molar-refractivity contribution in [3.63, 3.8) is 0 Å². The Hall–Kier alpha value is -1.37. The van der Waals surface area contributed by atoms with Crippen LogP contribution in [0, 0.1) is 29.6 Å². The molecule has 1 nitrogen and oxygen atoms in total. The third kappa shape index (κ3) is 1.95. The first-order chi connectivity index (χ1) is 9.83. The molecule has 1 aromatic rings. The molecule has 104 valence electrons. The van der Waals surface area contributed by atoms with E-state index < -0.39 is 0 Å². The summed E-state index contributed by atoms with van der Waals surface area (Å²) in [6.07, 6.45) is 10.5. The monoisotopic (exact) mass is 266 g/mol. The molecule has 2 saturated carbocycles. The molecule has 0 amide bonds. The van der Waals surface area contributed by atoms with E-state index in [0.717, 1.165) is 18.8 Å². The van der Waals surface area contributed by atoms with Crippen molar-refractivity contribution in [2.75, 3.05) is 0 Å². The lowest BCUT2D eigenvalue weighted by atomic mass is 9.79. The molecule has 2 bridgehead atoms. The Bertz CT molecular complexity index is 530. The molecule has 0 radical (unpaired) electrons. The lowest BCUT2D eigenvalue weighted by Gasteiger charge is -2.24. The normalized spacial score (nSPS) is 37.6. The highest BCUT2D eigenvalue weighted by molar-refractivity contribution is 5.85. The Morgan fingerprint density at radius 3 is 2.70 bits per heavy atom. The van der Waals surface area contributed by atoms with E-state index in [-0.39, 0.29) is 0 Å². The minimum atomic E-state index is 0.395. The van der Waals surface area contributed by atoms with Gasteiger partial charge in [0.25, 0.3) is 0 Å². The molecule has 1 aromatic carbocycles. The number of carbonyl (C=O) groups excluding carboxylic acids is 1. The summed E-state index contributed by atoms with van der Waals surface area (Å²) in [7, 11) is 0. The largest absolute Gasteiger partial charge is 0.299 e. The molecule has 0 aliphatic heterocycles. The van der Waals surface area contributed by atoms with Gasteiger partial charge in [0, 0.05) is 12.3 Å². The van der Waals surface area contributed by atoms with Crippen LogP contribution in [-0.4, -0.2) is 5.78 Å². The number of hydrogen-bond donors (Lipinski definition) is 0. The van der Waals surface area contributed by atoms with Crippen LogP contribution in [0.2, 0.25) is 0 Å². The SMILES string of the molecule is O=C1C[C@H](CCCc2ccccc2)[C@H]2C3C=CC(C3)[C@@H]12. The van der Waals surface area contributed by atoms with E-state index in [1.807, 2.05) is 0 Å². The number of carbonyl (C=O) groups is 1. The van der Waals surface area contributed by atoms with Crippen molar-refractivity contribution in [1.29, 1.82) is 0 Å². The minimum Gasteiger partial charge on any atom is -0.299 e. The molecular weight excluding hydrogens is 244 g/mol. The first kappa shape index (κ1) is 12.4. The van der Waals surface area contributed by atoms with E-state index >= 15 is 0 Å². The quantitative estimate of drug-likeness (QED) is 0.752. The first-order valence-corrected chi connectivity index (χ1v) is 8.08. The standard InChI is InChI=1S/C19H22O/c20-17-12-14(8-4-7-13-5-2-1-3-6-13)18-15-9-10-16(11-15)19(17)18/h1-3,5-6,9-10,14-16,18-19H,4,7-8,11-12H2/t14-,15?,16?,18-,19-/m0/s1. The Morgan fingerprint density at radius 2 is 1.85 bits per heavy atom. The van der Waals surface area contributed by atoms with Gasteiger partial charge in [-0.2, -0.15) is 0 Å². The average molecular weight is 266 g/mol. The van der Waals surface area contributed by atoms with Crippen LogP contribution in [0.1, 0.15) is 31.2 Å². The molecule has 1 heteroatoms. The van der Waals surface area contributed by atoms with E-state index in [0.29, 0.717) is 29.5 Å². The van der Waals surface area contributed by atoms with Crippen LogP contribution in [0.15, 0.2) is 42.5 Å². The van der Waals surface area contributed by atoms with Crippen LogP contribution in [-0.2, 0) is 11.2 Å². The van der Waals surface area contributed by atoms with Crippen LogP contribution < -0.4 is 0 Å². The molecule has 0 saturated heterocycles. The van der Waals surface area contributed by atoms with Crippen LogP contribution in [0.25, 0.3) is 0 Å². The van der Waals surface area contributed by atoms with Crippen LogP contribution in [0.4, 0.5) is 0 Å². The van der Waals surface area contributed by atoms with Gasteiger partial charge in [0.2, 0.25) is 0 Å². The molecule has 2 unspecified atom stereocenters. The fourth-order valence-electron chi connectivity index (χ4n) is 4.99. The van der Waals surface area contributed by atoms with E-state index in [9.17, 15) is 4.79 Å². The van der Waals surface area contributed by atoms with Crippen molar-refractivity contribution in [2.45, 2.75) is 32.1 Å². The summed E-state index contributed by atoms with van der Waals surface area (Å²) in [5.41, 5.74) is 1.43. The highest BCUT2D eigenvalue weighted by atomic mass is 16.1. The number of benzene rings is 1. The second kappa shape index (κ2) is 4.87. The number of allylic oxidation sites excluding steroid dienone is 2. The molecule has 5 atom stereocenters. The second-order valence-electron chi connectivity index (χ2n) is 6.86. The maximum Gasteiger partial charge on any atom is 0.137 e. The second-order valence-corrected chi connectivity index (χ2v) is 6.86. The number of rotatable bonds is 4. The van der Waals surface area contributed by atoms with Gasteiger partial charge < -0.3 is 0 Å². The third-order valence-electron chi connectivity index (χ3n) is 5.78. The van der Waals surface area contributed by atoms with Crippen molar-refractivity contribution in [3.8, 4) is 0 Å². The van der Waals surface area contributed by atoms with Crippen molar-refractivity contribution in [1.82, 2.24) is 0 Å². The highest BCUT2D eigenvalue weighted by Gasteiger charge is 2.54. The summed E-state index contributed by atoms with van der Waals surface area (Å²) in [6.45, 7) is 0. The van der Waals surface area contributed by atoms with Gasteiger partial charge in [-0.1, -0.05) is 42.5 Å². The zero-order chi connectivity index (χ0) is 13.5. The summed E-state index contributed by atoms with van der Waals surface area (Å²) in [4.78, 5) is 12.3. The number of Topliss-reactive ketones (excluding diaryl/α,β-unsaturated/α-hetero) is 1. The molecular formula is C19H22O. The van der Waals surface area contributed by atoms with E-state index in [1.165, 1.54) is 24.8 Å². The number of aryl methyl sites for hydroxylation is 1. The molecule has 3 aliphatic rings. The molecule has 4 rings (SSSR count).